The monoisotopic (exact) mass is 494 g/mol. The molecule has 3 N–H and O–H groups in total. The number of anilines is 1. The van der Waals surface area contributed by atoms with Crippen LogP contribution in [0.4, 0.5) is 5.82 Å². The van der Waals surface area contributed by atoms with E-state index >= 15 is 0 Å². The van der Waals surface area contributed by atoms with Crippen LogP contribution in [0.5, 0.6) is 0 Å². The fraction of sp³-hybridized carbons (Fsp3) is 0.308. The van der Waals surface area contributed by atoms with Gasteiger partial charge in [0.2, 0.25) is 0 Å². The van der Waals surface area contributed by atoms with Gasteiger partial charge in [0.25, 0.3) is 5.56 Å². The van der Waals surface area contributed by atoms with Crippen LogP contribution in [0.1, 0.15) is 32.4 Å². The van der Waals surface area contributed by atoms with Crippen molar-refractivity contribution in [2.24, 2.45) is 0 Å². The second kappa shape index (κ2) is 9.06. The first-order valence-electron chi connectivity index (χ1n) is 11.3. The molecule has 1 atom stereocenters. The van der Waals surface area contributed by atoms with Crippen molar-refractivity contribution in [3.05, 3.63) is 81.7 Å². The molecule has 0 radical (unpaired) electrons. The first kappa shape index (κ1) is 24.3. The Labute approximate surface area is 205 Å². The van der Waals surface area contributed by atoms with Crippen LogP contribution in [-0.4, -0.2) is 29.7 Å². The lowest BCUT2D eigenvalue weighted by Crippen LogP contribution is -2.43. The van der Waals surface area contributed by atoms with E-state index in [1.54, 1.807) is 10.6 Å². The van der Waals surface area contributed by atoms with Gasteiger partial charge in [-0.2, -0.15) is 5.10 Å². The highest BCUT2D eigenvalue weighted by Crippen LogP contribution is 2.37. The summed E-state index contributed by atoms with van der Waals surface area (Å²) >= 11 is 6.30. The minimum absolute atomic E-state index is 0.0638. The maximum atomic E-state index is 13.4. The van der Waals surface area contributed by atoms with Crippen molar-refractivity contribution in [2.45, 2.75) is 44.9 Å². The van der Waals surface area contributed by atoms with Gasteiger partial charge in [0.1, 0.15) is 0 Å². The molecule has 2 heterocycles. The largest absolute Gasteiger partial charge is 0.414 e. The first-order chi connectivity index (χ1) is 16.0. The highest BCUT2D eigenvalue weighted by molar-refractivity contribution is 6.74. The van der Waals surface area contributed by atoms with Crippen LogP contribution in [0.2, 0.25) is 23.2 Å². The molecule has 2 aromatic heterocycles. The third-order valence-electron chi connectivity index (χ3n) is 6.85. The van der Waals surface area contributed by atoms with Gasteiger partial charge in [-0.05, 0) is 65.2 Å². The minimum Gasteiger partial charge on any atom is -0.414 e. The summed E-state index contributed by atoms with van der Waals surface area (Å²) in [6.45, 7) is 11.4. The second-order valence-corrected chi connectivity index (χ2v) is 15.4. The number of nitrogens with one attached hydrogen (secondary N) is 1. The Hall–Kier alpha value is -2.87. The van der Waals surface area contributed by atoms with Crippen LogP contribution in [0.3, 0.4) is 0 Å². The lowest BCUT2D eigenvalue weighted by atomic mass is 10.0. The molecule has 34 heavy (non-hydrogen) atoms. The lowest BCUT2D eigenvalue weighted by Gasteiger charge is -2.37. The molecule has 4 aromatic rings. The van der Waals surface area contributed by atoms with Crippen LogP contribution >= 0.6 is 11.6 Å². The predicted molar refractivity (Wildman–Crippen MR) is 143 cm³/mol. The lowest BCUT2D eigenvalue weighted by molar-refractivity contribution is 0.246. The summed E-state index contributed by atoms with van der Waals surface area (Å²) in [5.74, 6) is 0.439. The van der Waals surface area contributed by atoms with Crippen LogP contribution in [-0.2, 0) is 4.43 Å². The number of pyridine rings is 1. The van der Waals surface area contributed by atoms with Crippen LogP contribution < -0.4 is 11.3 Å². The maximum absolute atomic E-state index is 13.4. The first-order valence-corrected chi connectivity index (χ1v) is 14.6. The van der Waals surface area contributed by atoms with E-state index in [1.807, 2.05) is 54.7 Å². The van der Waals surface area contributed by atoms with Crippen molar-refractivity contribution >= 4 is 36.6 Å². The predicted octanol–water partition coefficient (Wildman–Crippen LogP) is 6.24. The van der Waals surface area contributed by atoms with Gasteiger partial charge in [0, 0.05) is 22.7 Å². The molecule has 0 amide bonds. The SMILES string of the molecule is CC(C)(C)[Si](C)(C)OC[C@H](c1cccc(Cl)c1)n1ccc(-c2ccc3[nH]nc(N)c3c2)cc1=O. The Bertz CT molecular complexity index is 1390. The van der Waals surface area contributed by atoms with E-state index in [9.17, 15) is 4.79 Å². The molecule has 0 bridgehead atoms. The van der Waals surface area contributed by atoms with Gasteiger partial charge in [0.15, 0.2) is 14.1 Å². The number of nitrogens with zero attached hydrogens (tertiary/aromatic N) is 2. The molecular weight excluding hydrogens is 464 g/mol. The number of rotatable bonds is 6. The number of H-pyrrole nitrogens is 1. The molecule has 0 saturated carbocycles. The third-order valence-corrected chi connectivity index (χ3v) is 11.6. The molecule has 6 nitrogen and oxygen atoms in total. The van der Waals surface area contributed by atoms with Gasteiger partial charge >= 0.3 is 0 Å². The molecule has 0 aliphatic heterocycles. The summed E-state index contributed by atoms with van der Waals surface area (Å²) in [6.07, 6.45) is 1.83. The summed E-state index contributed by atoms with van der Waals surface area (Å²) in [5.41, 5.74) is 9.37. The second-order valence-electron chi connectivity index (χ2n) is 10.2. The molecule has 8 heteroatoms. The maximum Gasteiger partial charge on any atom is 0.251 e. The number of nitrogen functional groups attached to an aromatic ring is 1. The Morgan fingerprint density at radius 3 is 2.53 bits per heavy atom. The summed E-state index contributed by atoms with van der Waals surface area (Å²) in [7, 11) is -2.02. The zero-order chi connectivity index (χ0) is 24.7. The Balaban J connectivity index is 1.72. The highest BCUT2D eigenvalue weighted by atomic mass is 35.5. The molecular formula is C26H31ClN4O2Si. The number of fused-ring (bicyclic) bond motifs is 1. The summed E-state index contributed by atoms with van der Waals surface area (Å²) < 4.78 is 8.27. The van der Waals surface area contributed by atoms with Crippen molar-refractivity contribution in [2.75, 3.05) is 12.3 Å². The van der Waals surface area contributed by atoms with Crippen molar-refractivity contribution in [1.29, 1.82) is 0 Å². The Morgan fingerprint density at radius 1 is 1.12 bits per heavy atom. The third kappa shape index (κ3) is 4.82. The molecule has 0 aliphatic carbocycles. The highest BCUT2D eigenvalue weighted by Gasteiger charge is 2.38. The zero-order valence-corrected chi connectivity index (χ0v) is 22.0. The Kier molecular flexibility index (Phi) is 6.46. The van der Waals surface area contributed by atoms with Crippen molar-refractivity contribution in [3.8, 4) is 11.1 Å². The van der Waals surface area contributed by atoms with Gasteiger partial charge < -0.3 is 14.7 Å². The molecule has 2 aromatic carbocycles. The number of aromatic amines is 1. The number of benzene rings is 2. The average molecular weight is 495 g/mol. The van der Waals surface area contributed by atoms with Gasteiger partial charge in [-0.25, -0.2) is 0 Å². The molecule has 0 unspecified atom stereocenters. The van der Waals surface area contributed by atoms with E-state index in [0.29, 0.717) is 17.4 Å². The van der Waals surface area contributed by atoms with E-state index in [4.69, 9.17) is 21.8 Å². The molecule has 0 fully saturated rings. The summed E-state index contributed by atoms with van der Waals surface area (Å²) in [6, 6.07) is 16.8. The van der Waals surface area contributed by atoms with Gasteiger partial charge in [-0.15, -0.1) is 0 Å². The summed E-state index contributed by atoms with van der Waals surface area (Å²) in [5, 5.41) is 8.48. The average Bonchev–Trinajstić information content (AvgIpc) is 3.14. The number of nitrogens with two attached hydrogens (primary N) is 1. The van der Waals surface area contributed by atoms with Crippen molar-refractivity contribution in [1.82, 2.24) is 14.8 Å². The van der Waals surface area contributed by atoms with Crippen molar-refractivity contribution < 1.29 is 4.43 Å². The van der Waals surface area contributed by atoms with E-state index in [0.717, 1.165) is 27.6 Å². The molecule has 4 rings (SSSR count). The number of halogens is 1. The number of aromatic nitrogens is 3. The normalized spacial score (nSPS) is 13.4. The molecule has 0 aliphatic rings. The fourth-order valence-corrected chi connectivity index (χ4v) is 4.90. The van der Waals surface area contributed by atoms with Crippen LogP contribution in [0.25, 0.3) is 22.0 Å². The summed E-state index contributed by atoms with van der Waals surface area (Å²) in [4.78, 5) is 13.4. The minimum atomic E-state index is -2.02. The zero-order valence-electron chi connectivity index (χ0n) is 20.2. The van der Waals surface area contributed by atoms with Crippen LogP contribution in [0.15, 0.2) is 65.6 Å². The van der Waals surface area contributed by atoms with Crippen molar-refractivity contribution in [3.63, 3.8) is 0 Å². The number of hydrogen-bond acceptors (Lipinski definition) is 4. The number of hydrogen-bond donors (Lipinski definition) is 2. The van der Waals surface area contributed by atoms with E-state index < -0.39 is 8.32 Å². The standard InChI is InChI=1S/C26H31ClN4O2Si/c1-26(2,3)34(4,5)33-16-23(19-7-6-8-20(27)13-19)31-12-11-18(15-24(31)32)17-9-10-22-21(14-17)25(28)30-29-22/h6-15,23H,16H2,1-5H3,(H3,28,29,30)/t23-/m1/s1. The van der Waals surface area contributed by atoms with Crippen LogP contribution in [0, 0.1) is 0 Å². The van der Waals surface area contributed by atoms with E-state index in [2.05, 4.69) is 44.1 Å². The Morgan fingerprint density at radius 2 is 1.85 bits per heavy atom. The van der Waals surface area contributed by atoms with Gasteiger partial charge in [-0.1, -0.05) is 50.6 Å². The quantitative estimate of drug-likeness (QED) is 0.311. The smallest absolute Gasteiger partial charge is 0.251 e. The topological polar surface area (TPSA) is 85.9 Å². The van der Waals surface area contributed by atoms with Gasteiger partial charge in [-0.3, -0.25) is 9.89 Å². The molecule has 0 spiro atoms. The molecule has 0 saturated heterocycles. The van der Waals surface area contributed by atoms with E-state index in [-0.39, 0.29) is 16.6 Å². The van der Waals surface area contributed by atoms with E-state index in [1.165, 1.54) is 0 Å². The van der Waals surface area contributed by atoms with Gasteiger partial charge in [0.05, 0.1) is 18.2 Å². The molecule has 178 valence electrons. The fourth-order valence-electron chi connectivity index (χ4n) is 3.70.